The SMILES string of the molecule is CCc1c(C(=O)O)cccc1-c1cncc2cc(Cc3cccc(C(F)(F)F)c3)oc12. The Morgan fingerprint density at radius 1 is 1.06 bits per heavy atom. The van der Waals surface area contributed by atoms with Gasteiger partial charge in [-0.25, -0.2) is 4.79 Å². The van der Waals surface area contributed by atoms with Crippen LogP contribution in [0.4, 0.5) is 13.2 Å². The van der Waals surface area contributed by atoms with E-state index in [9.17, 15) is 23.1 Å². The maximum absolute atomic E-state index is 13.0. The molecule has 0 spiro atoms. The number of aromatic carboxylic acids is 1. The summed E-state index contributed by atoms with van der Waals surface area (Å²) >= 11 is 0. The van der Waals surface area contributed by atoms with Gasteiger partial charge in [0.05, 0.1) is 11.1 Å². The standard InChI is InChI=1S/C24H18F3NO3/c1-2-18-19(7-4-8-20(18)23(29)30)21-13-28-12-15-11-17(31-22(15)21)10-14-5-3-6-16(9-14)24(25,26)27/h3-9,11-13H,2,10H2,1H3,(H,29,30). The van der Waals surface area contributed by atoms with Gasteiger partial charge >= 0.3 is 12.1 Å². The number of alkyl halides is 3. The molecule has 4 rings (SSSR count). The first-order chi connectivity index (χ1) is 14.8. The van der Waals surface area contributed by atoms with E-state index in [1.807, 2.05) is 13.0 Å². The number of carboxylic acids is 1. The van der Waals surface area contributed by atoms with Crippen LogP contribution in [0.15, 0.2) is 65.3 Å². The molecule has 7 heteroatoms. The molecule has 4 aromatic rings. The van der Waals surface area contributed by atoms with E-state index in [-0.39, 0.29) is 12.0 Å². The first-order valence-electron chi connectivity index (χ1n) is 9.66. The number of hydrogen-bond acceptors (Lipinski definition) is 3. The lowest BCUT2D eigenvalue weighted by molar-refractivity contribution is -0.137. The lowest BCUT2D eigenvalue weighted by atomic mass is 9.94. The van der Waals surface area contributed by atoms with Gasteiger partial charge in [-0.1, -0.05) is 37.3 Å². The van der Waals surface area contributed by atoms with Crippen molar-refractivity contribution in [2.75, 3.05) is 0 Å². The third-order valence-corrected chi connectivity index (χ3v) is 5.16. The number of fused-ring (bicyclic) bond motifs is 1. The largest absolute Gasteiger partial charge is 0.478 e. The molecule has 0 bridgehead atoms. The Morgan fingerprint density at radius 3 is 2.55 bits per heavy atom. The molecule has 0 aliphatic carbocycles. The highest BCUT2D eigenvalue weighted by atomic mass is 19.4. The highest BCUT2D eigenvalue weighted by molar-refractivity contribution is 5.97. The highest BCUT2D eigenvalue weighted by Crippen LogP contribution is 2.35. The van der Waals surface area contributed by atoms with Crippen molar-refractivity contribution in [3.8, 4) is 11.1 Å². The molecule has 0 aliphatic rings. The Morgan fingerprint density at radius 2 is 1.84 bits per heavy atom. The second kappa shape index (κ2) is 7.91. The van der Waals surface area contributed by atoms with Crippen LogP contribution < -0.4 is 0 Å². The van der Waals surface area contributed by atoms with Gasteiger partial charge in [-0.15, -0.1) is 0 Å². The van der Waals surface area contributed by atoms with Gasteiger partial charge in [-0.05, 0) is 41.3 Å². The minimum Gasteiger partial charge on any atom is -0.478 e. The number of benzene rings is 2. The number of aromatic nitrogens is 1. The highest BCUT2D eigenvalue weighted by Gasteiger charge is 2.30. The van der Waals surface area contributed by atoms with Crippen LogP contribution in [-0.4, -0.2) is 16.1 Å². The number of pyridine rings is 1. The second-order valence-electron chi connectivity index (χ2n) is 7.18. The molecule has 158 valence electrons. The molecule has 4 nitrogen and oxygen atoms in total. The van der Waals surface area contributed by atoms with Gasteiger partial charge in [0.2, 0.25) is 0 Å². The topological polar surface area (TPSA) is 63.3 Å². The van der Waals surface area contributed by atoms with Gasteiger partial charge in [0, 0.05) is 29.8 Å². The Bertz CT molecular complexity index is 1270. The molecule has 0 atom stereocenters. The molecule has 0 saturated carbocycles. The zero-order valence-electron chi connectivity index (χ0n) is 16.5. The van der Waals surface area contributed by atoms with Crippen LogP contribution in [0, 0.1) is 0 Å². The lowest BCUT2D eigenvalue weighted by Gasteiger charge is -2.11. The average molecular weight is 425 g/mol. The summed E-state index contributed by atoms with van der Waals surface area (Å²) in [5, 5.41) is 10.2. The number of hydrogen-bond donors (Lipinski definition) is 1. The molecule has 1 N–H and O–H groups in total. The molecule has 0 unspecified atom stereocenters. The normalized spacial score (nSPS) is 11.7. The van der Waals surface area contributed by atoms with Crippen molar-refractivity contribution in [3.05, 3.63) is 88.9 Å². The van der Waals surface area contributed by atoms with E-state index in [4.69, 9.17) is 4.42 Å². The predicted molar refractivity (Wildman–Crippen MR) is 110 cm³/mol. The fourth-order valence-electron chi connectivity index (χ4n) is 3.77. The summed E-state index contributed by atoms with van der Waals surface area (Å²) in [6.45, 7) is 1.88. The Kier molecular flexibility index (Phi) is 5.27. The van der Waals surface area contributed by atoms with Gasteiger partial charge < -0.3 is 9.52 Å². The molecule has 0 saturated heterocycles. The van der Waals surface area contributed by atoms with Crippen molar-refractivity contribution in [1.82, 2.24) is 4.98 Å². The van der Waals surface area contributed by atoms with Crippen LogP contribution in [0.25, 0.3) is 22.1 Å². The molecule has 31 heavy (non-hydrogen) atoms. The van der Waals surface area contributed by atoms with Gasteiger partial charge in [0.1, 0.15) is 11.3 Å². The van der Waals surface area contributed by atoms with E-state index in [0.717, 1.165) is 12.1 Å². The van der Waals surface area contributed by atoms with E-state index in [0.29, 0.717) is 45.4 Å². The monoisotopic (exact) mass is 425 g/mol. The quantitative estimate of drug-likeness (QED) is 0.404. The van der Waals surface area contributed by atoms with Crippen molar-refractivity contribution in [2.24, 2.45) is 0 Å². The molecule has 2 heterocycles. The number of carboxylic acid groups (broad SMARTS) is 1. The van der Waals surface area contributed by atoms with Crippen molar-refractivity contribution in [3.63, 3.8) is 0 Å². The fourth-order valence-corrected chi connectivity index (χ4v) is 3.77. The van der Waals surface area contributed by atoms with E-state index in [1.54, 1.807) is 36.7 Å². The lowest BCUT2D eigenvalue weighted by Crippen LogP contribution is -2.05. The summed E-state index contributed by atoms with van der Waals surface area (Å²) in [5.41, 5.74) is 2.53. The summed E-state index contributed by atoms with van der Waals surface area (Å²) in [6, 6.07) is 11.9. The Balaban J connectivity index is 1.77. The van der Waals surface area contributed by atoms with Crippen LogP contribution in [0.1, 0.15) is 39.7 Å². The molecule has 2 aromatic carbocycles. The molecule has 2 aromatic heterocycles. The number of carbonyl (C=O) groups is 1. The minimum atomic E-state index is -4.41. The van der Waals surface area contributed by atoms with Gasteiger partial charge in [0.15, 0.2) is 0 Å². The zero-order chi connectivity index (χ0) is 22.2. The van der Waals surface area contributed by atoms with Crippen molar-refractivity contribution in [2.45, 2.75) is 25.9 Å². The van der Waals surface area contributed by atoms with Crippen molar-refractivity contribution >= 4 is 16.9 Å². The maximum Gasteiger partial charge on any atom is 0.416 e. The zero-order valence-corrected chi connectivity index (χ0v) is 16.5. The van der Waals surface area contributed by atoms with E-state index in [2.05, 4.69) is 4.98 Å². The van der Waals surface area contributed by atoms with Crippen LogP contribution in [0.3, 0.4) is 0 Å². The maximum atomic E-state index is 13.0. The number of rotatable bonds is 5. The number of furan rings is 1. The van der Waals surface area contributed by atoms with Gasteiger partial charge in [-0.3, -0.25) is 4.98 Å². The van der Waals surface area contributed by atoms with Crippen molar-refractivity contribution in [1.29, 1.82) is 0 Å². The second-order valence-corrected chi connectivity index (χ2v) is 7.18. The van der Waals surface area contributed by atoms with E-state index >= 15 is 0 Å². The fraction of sp³-hybridized carbons (Fsp3) is 0.167. The van der Waals surface area contributed by atoms with Gasteiger partial charge in [-0.2, -0.15) is 13.2 Å². The molecule has 0 amide bonds. The summed E-state index contributed by atoms with van der Waals surface area (Å²) in [4.78, 5) is 15.9. The summed E-state index contributed by atoms with van der Waals surface area (Å²) < 4.78 is 45.0. The summed E-state index contributed by atoms with van der Waals surface area (Å²) in [7, 11) is 0. The molecule has 0 radical (unpaired) electrons. The molecule has 0 fully saturated rings. The van der Waals surface area contributed by atoms with E-state index in [1.165, 1.54) is 6.07 Å². The smallest absolute Gasteiger partial charge is 0.416 e. The van der Waals surface area contributed by atoms with Gasteiger partial charge in [0.25, 0.3) is 0 Å². The molecular formula is C24H18F3NO3. The predicted octanol–water partition coefficient (Wildman–Crippen LogP) is 6.37. The van der Waals surface area contributed by atoms with E-state index < -0.39 is 17.7 Å². The Labute approximate surface area is 176 Å². The number of halogens is 3. The summed E-state index contributed by atoms with van der Waals surface area (Å²) in [6.07, 6.45) is -0.489. The number of nitrogens with zero attached hydrogens (tertiary/aromatic N) is 1. The van der Waals surface area contributed by atoms with Crippen molar-refractivity contribution < 1.29 is 27.5 Å². The minimum absolute atomic E-state index is 0.188. The van der Waals surface area contributed by atoms with Crippen LogP contribution in [0.5, 0.6) is 0 Å². The molecule has 0 aliphatic heterocycles. The summed E-state index contributed by atoms with van der Waals surface area (Å²) in [5.74, 6) is -0.514. The third-order valence-electron chi connectivity index (χ3n) is 5.16. The Hall–Kier alpha value is -3.61. The average Bonchev–Trinajstić information content (AvgIpc) is 3.15. The third kappa shape index (κ3) is 4.03. The first-order valence-corrected chi connectivity index (χ1v) is 9.66. The first kappa shape index (κ1) is 20.7. The van der Waals surface area contributed by atoms with Crippen LogP contribution >= 0.6 is 0 Å². The van der Waals surface area contributed by atoms with Crippen LogP contribution in [0.2, 0.25) is 0 Å². The van der Waals surface area contributed by atoms with Crippen LogP contribution in [-0.2, 0) is 19.0 Å². The molecular weight excluding hydrogens is 407 g/mol.